The van der Waals surface area contributed by atoms with Gasteiger partial charge in [0.05, 0.1) is 12.0 Å². The first-order valence-corrected chi connectivity index (χ1v) is 12.4. The van der Waals surface area contributed by atoms with Crippen molar-refractivity contribution in [3.63, 3.8) is 0 Å². The van der Waals surface area contributed by atoms with Crippen LogP contribution in [0.4, 0.5) is 0 Å². The van der Waals surface area contributed by atoms with Crippen molar-refractivity contribution in [2.45, 2.75) is 112 Å². The van der Waals surface area contributed by atoms with Crippen LogP contribution in [0.3, 0.4) is 0 Å². The van der Waals surface area contributed by atoms with E-state index in [-0.39, 0.29) is 17.8 Å². The van der Waals surface area contributed by atoms with Crippen molar-refractivity contribution in [1.29, 1.82) is 0 Å². The van der Waals surface area contributed by atoms with Gasteiger partial charge in [0, 0.05) is 5.41 Å². The van der Waals surface area contributed by atoms with Gasteiger partial charge in [0.1, 0.15) is 5.60 Å². The van der Waals surface area contributed by atoms with Gasteiger partial charge in [-0.15, -0.1) is 0 Å². The lowest BCUT2D eigenvalue weighted by atomic mass is 9.67. The summed E-state index contributed by atoms with van der Waals surface area (Å²) in [4.78, 5) is 25.2. The Morgan fingerprint density at radius 1 is 1.12 bits per heavy atom. The summed E-state index contributed by atoms with van der Waals surface area (Å²) in [5, 5.41) is 29.8. The number of unbranched alkanes of at least 4 members (excludes halogenated alkanes) is 1. The van der Waals surface area contributed by atoms with E-state index >= 15 is 0 Å². The SMILES string of the molecule is CCCC=C(CC)CC(CC1CCC(OC(O)O)(C(=O)COC(=O)C(C)C)C1(C)C)C(C)O. The molecule has 0 radical (unpaired) electrons. The first-order valence-electron chi connectivity index (χ1n) is 12.4. The van der Waals surface area contributed by atoms with Gasteiger partial charge in [-0.25, -0.2) is 0 Å². The number of allylic oxidation sites excluding steroid dienone is 2. The monoisotopic (exact) mass is 470 g/mol. The Morgan fingerprint density at radius 2 is 1.76 bits per heavy atom. The number of rotatable bonds is 14. The fraction of sp³-hybridized carbons (Fsp3) is 0.846. The third kappa shape index (κ3) is 7.61. The third-order valence-corrected chi connectivity index (χ3v) is 7.45. The second kappa shape index (κ2) is 13.0. The van der Waals surface area contributed by atoms with Crippen LogP contribution in [0.25, 0.3) is 0 Å². The highest BCUT2D eigenvalue weighted by molar-refractivity contribution is 5.91. The van der Waals surface area contributed by atoms with Crippen molar-refractivity contribution in [2.75, 3.05) is 6.61 Å². The summed E-state index contributed by atoms with van der Waals surface area (Å²) >= 11 is 0. The molecule has 1 aliphatic rings. The fourth-order valence-corrected chi connectivity index (χ4v) is 5.05. The normalized spacial score (nSPS) is 24.8. The van der Waals surface area contributed by atoms with Crippen LogP contribution >= 0.6 is 0 Å². The van der Waals surface area contributed by atoms with Gasteiger partial charge in [-0.05, 0) is 57.3 Å². The van der Waals surface area contributed by atoms with Crippen LogP contribution in [0, 0.1) is 23.2 Å². The topological polar surface area (TPSA) is 113 Å². The Labute approximate surface area is 199 Å². The van der Waals surface area contributed by atoms with Gasteiger partial charge in [-0.3, -0.25) is 9.59 Å². The number of aliphatic hydroxyl groups is 3. The summed E-state index contributed by atoms with van der Waals surface area (Å²) in [6, 6.07) is 0. The number of hydrogen-bond donors (Lipinski definition) is 3. The molecule has 0 heterocycles. The predicted octanol–water partition coefficient (Wildman–Crippen LogP) is 4.13. The fourth-order valence-electron chi connectivity index (χ4n) is 5.05. The molecule has 1 fully saturated rings. The van der Waals surface area contributed by atoms with Crippen molar-refractivity contribution in [3.05, 3.63) is 11.6 Å². The Kier molecular flexibility index (Phi) is 11.7. The predicted molar refractivity (Wildman–Crippen MR) is 127 cm³/mol. The molecule has 1 aliphatic carbocycles. The number of carbonyl (C=O) groups is 2. The second-order valence-electron chi connectivity index (χ2n) is 10.4. The zero-order valence-electron chi connectivity index (χ0n) is 21.6. The molecule has 3 N–H and O–H groups in total. The van der Waals surface area contributed by atoms with E-state index in [0.29, 0.717) is 19.3 Å². The Bertz CT molecular complexity index is 666. The zero-order chi connectivity index (χ0) is 25.4. The van der Waals surface area contributed by atoms with Crippen LogP contribution < -0.4 is 0 Å². The average molecular weight is 471 g/mol. The molecule has 0 aromatic heterocycles. The molecule has 1 saturated carbocycles. The van der Waals surface area contributed by atoms with Gasteiger partial charge in [-0.1, -0.05) is 59.6 Å². The number of esters is 1. The summed E-state index contributed by atoms with van der Waals surface area (Å²) in [5.74, 6) is -1.31. The number of ether oxygens (including phenoxy) is 2. The van der Waals surface area contributed by atoms with Gasteiger partial charge in [0.15, 0.2) is 6.61 Å². The third-order valence-electron chi connectivity index (χ3n) is 7.45. The first-order chi connectivity index (χ1) is 15.3. The lowest BCUT2D eigenvalue weighted by Crippen LogP contribution is -2.55. The summed E-state index contributed by atoms with van der Waals surface area (Å²) in [6.07, 6.45) is 7.16. The van der Waals surface area contributed by atoms with Gasteiger partial charge in [-0.2, -0.15) is 0 Å². The highest BCUT2D eigenvalue weighted by atomic mass is 16.7. The molecule has 192 valence electrons. The van der Waals surface area contributed by atoms with E-state index in [1.165, 1.54) is 5.57 Å². The van der Waals surface area contributed by atoms with E-state index in [0.717, 1.165) is 25.7 Å². The molecule has 0 aromatic rings. The largest absolute Gasteiger partial charge is 0.457 e. The highest BCUT2D eigenvalue weighted by Gasteiger charge is 2.61. The van der Waals surface area contributed by atoms with Gasteiger partial charge in [0.25, 0.3) is 6.48 Å². The average Bonchev–Trinajstić information content (AvgIpc) is 2.97. The van der Waals surface area contributed by atoms with E-state index in [1.807, 2.05) is 13.8 Å². The molecule has 4 atom stereocenters. The first kappa shape index (κ1) is 29.8. The molecular formula is C26H46O7. The maximum Gasteiger partial charge on any atom is 0.308 e. The van der Waals surface area contributed by atoms with Crippen molar-refractivity contribution in [2.24, 2.45) is 23.2 Å². The zero-order valence-corrected chi connectivity index (χ0v) is 21.6. The number of carbonyl (C=O) groups excluding carboxylic acids is 2. The van der Waals surface area contributed by atoms with Crippen molar-refractivity contribution >= 4 is 11.8 Å². The van der Waals surface area contributed by atoms with Crippen molar-refractivity contribution < 1.29 is 34.4 Å². The van der Waals surface area contributed by atoms with E-state index in [1.54, 1.807) is 20.8 Å². The maximum atomic E-state index is 13.3. The van der Waals surface area contributed by atoms with Crippen LogP contribution in [0.2, 0.25) is 0 Å². The molecule has 1 rings (SSSR count). The molecule has 7 heteroatoms. The molecule has 0 aliphatic heterocycles. The molecule has 0 saturated heterocycles. The molecular weight excluding hydrogens is 424 g/mol. The summed E-state index contributed by atoms with van der Waals surface area (Å²) < 4.78 is 10.7. The smallest absolute Gasteiger partial charge is 0.308 e. The standard InChI is InChI=1S/C26H46O7/c1-8-10-11-19(9-2)14-20(18(5)27)15-21-12-13-26(25(21,6)7,33-24(30)31)22(28)16-32-23(29)17(3)4/h11,17-18,20-21,24,27,30-31H,8-10,12-16H2,1-7H3. The number of hydrogen-bond acceptors (Lipinski definition) is 7. The van der Waals surface area contributed by atoms with Crippen LogP contribution in [0.15, 0.2) is 11.6 Å². The van der Waals surface area contributed by atoms with E-state index in [9.17, 15) is 24.9 Å². The van der Waals surface area contributed by atoms with Crippen LogP contribution in [-0.4, -0.2) is 51.9 Å². The van der Waals surface area contributed by atoms with E-state index in [2.05, 4.69) is 19.9 Å². The highest BCUT2D eigenvalue weighted by Crippen LogP contribution is 2.55. The number of ketones is 1. The van der Waals surface area contributed by atoms with Crippen LogP contribution in [-0.2, 0) is 19.1 Å². The molecule has 0 aromatic carbocycles. The quantitative estimate of drug-likeness (QED) is 0.199. The molecule has 33 heavy (non-hydrogen) atoms. The summed E-state index contributed by atoms with van der Waals surface area (Å²) in [5.41, 5.74) is -0.925. The Morgan fingerprint density at radius 3 is 2.24 bits per heavy atom. The number of Topliss-reactive ketones (excluding diaryl/α,β-unsaturated/α-hetero) is 1. The lowest BCUT2D eigenvalue weighted by Gasteiger charge is -2.43. The van der Waals surface area contributed by atoms with Gasteiger partial charge in [0.2, 0.25) is 5.78 Å². The molecule has 7 nitrogen and oxygen atoms in total. The summed E-state index contributed by atoms with van der Waals surface area (Å²) in [7, 11) is 0. The molecule has 4 unspecified atom stereocenters. The minimum absolute atomic E-state index is 0.00452. The minimum atomic E-state index is -2.12. The van der Waals surface area contributed by atoms with E-state index < -0.39 is 42.0 Å². The van der Waals surface area contributed by atoms with Gasteiger partial charge >= 0.3 is 5.97 Å². The van der Waals surface area contributed by atoms with Crippen molar-refractivity contribution in [3.8, 4) is 0 Å². The minimum Gasteiger partial charge on any atom is -0.457 e. The molecule has 0 spiro atoms. The second-order valence-corrected chi connectivity index (χ2v) is 10.4. The molecule has 0 bridgehead atoms. The summed E-state index contributed by atoms with van der Waals surface area (Å²) in [6.45, 7) is 10.6. The lowest BCUT2D eigenvalue weighted by molar-refractivity contribution is -0.297. The van der Waals surface area contributed by atoms with E-state index in [4.69, 9.17) is 9.47 Å². The maximum absolute atomic E-state index is 13.3. The van der Waals surface area contributed by atoms with Gasteiger partial charge < -0.3 is 24.8 Å². The van der Waals surface area contributed by atoms with Crippen molar-refractivity contribution in [1.82, 2.24) is 0 Å². The molecule has 0 amide bonds. The van der Waals surface area contributed by atoms with Crippen LogP contribution in [0.1, 0.15) is 93.4 Å². The Hall–Kier alpha value is -1.28. The van der Waals surface area contributed by atoms with Crippen LogP contribution in [0.5, 0.6) is 0 Å². The number of aliphatic hydroxyl groups excluding tert-OH is 2. The Balaban J connectivity index is 3.12.